The number of carbonyl (C=O) groups is 2. The lowest BCUT2D eigenvalue weighted by Gasteiger charge is -2.42. The highest BCUT2D eigenvalue weighted by Crippen LogP contribution is 2.54. The Balaban J connectivity index is 1.83. The Morgan fingerprint density at radius 3 is 2.24 bits per heavy atom. The lowest BCUT2D eigenvalue weighted by Crippen LogP contribution is -2.42. The van der Waals surface area contributed by atoms with Crippen LogP contribution in [-0.2, 0) is 27.2 Å². The molecule has 0 bridgehead atoms. The number of methoxy groups -OCH3 is 4. The van der Waals surface area contributed by atoms with Crippen molar-refractivity contribution in [3.8, 4) is 34.1 Å². The van der Waals surface area contributed by atoms with Crippen LogP contribution in [0.2, 0.25) is 0 Å². The standard InChI is InChI=1S/C26H31NO7/c1-6-34-23(29)8-7-22(28)27-10-9-15-12-21(32-4)26(33-5)25-17-14-20(31-3)19(30-2)13-16(17)11-18(27)24(15)25/h12-14,18H,6-11H2,1-5H3/t18-/m0/s1. The number of amides is 1. The van der Waals surface area contributed by atoms with Crippen molar-refractivity contribution in [1.29, 1.82) is 0 Å². The molecule has 0 fully saturated rings. The van der Waals surface area contributed by atoms with Crippen LogP contribution in [0.5, 0.6) is 23.0 Å². The maximum atomic E-state index is 13.3. The van der Waals surface area contributed by atoms with E-state index in [2.05, 4.69) is 0 Å². The van der Waals surface area contributed by atoms with Gasteiger partial charge >= 0.3 is 5.97 Å². The minimum Gasteiger partial charge on any atom is -0.493 e. The monoisotopic (exact) mass is 469 g/mol. The number of benzene rings is 2. The Labute approximate surface area is 199 Å². The average Bonchev–Trinajstić information content (AvgIpc) is 2.86. The van der Waals surface area contributed by atoms with E-state index in [1.165, 1.54) is 0 Å². The second-order valence-corrected chi connectivity index (χ2v) is 8.29. The Hall–Kier alpha value is -3.42. The summed E-state index contributed by atoms with van der Waals surface area (Å²) in [5.41, 5.74) is 5.10. The molecule has 0 spiro atoms. The molecular formula is C26H31NO7. The highest BCUT2D eigenvalue weighted by Gasteiger charge is 2.39. The third-order valence-corrected chi connectivity index (χ3v) is 6.59. The summed E-state index contributed by atoms with van der Waals surface area (Å²) in [7, 11) is 6.46. The maximum absolute atomic E-state index is 13.3. The second-order valence-electron chi connectivity index (χ2n) is 8.29. The molecule has 182 valence electrons. The van der Waals surface area contributed by atoms with Crippen molar-refractivity contribution in [2.24, 2.45) is 0 Å². The van der Waals surface area contributed by atoms with Crippen LogP contribution < -0.4 is 18.9 Å². The number of esters is 1. The van der Waals surface area contributed by atoms with Gasteiger partial charge in [-0.2, -0.15) is 0 Å². The van der Waals surface area contributed by atoms with Crippen molar-refractivity contribution in [3.63, 3.8) is 0 Å². The second kappa shape index (κ2) is 9.83. The molecule has 0 saturated carbocycles. The van der Waals surface area contributed by atoms with Crippen LogP contribution in [0.1, 0.15) is 42.5 Å². The molecule has 0 radical (unpaired) electrons. The van der Waals surface area contributed by atoms with E-state index in [1.807, 2.05) is 23.1 Å². The zero-order valence-electron chi connectivity index (χ0n) is 20.4. The van der Waals surface area contributed by atoms with Gasteiger partial charge in [-0.3, -0.25) is 9.59 Å². The molecular weight excluding hydrogens is 438 g/mol. The van der Waals surface area contributed by atoms with Gasteiger partial charge in [0.2, 0.25) is 5.91 Å². The topological polar surface area (TPSA) is 83.5 Å². The molecule has 2 aromatic carbocycles. The summed E-state index contributed by atoms with van der Waals surface area (Å²) in [4.78, 5) is 27.0. The predicted octanol–water partition coefficient (Wildman–Crippen LogP) is 3.71. The molecule has 1 aliphatic carbocycles. The van der Waals surface area contributed by atoms with Crippen LogP contribution in [-0.4, -0.2) is 58.4 Å². The van der Waals surface area contributed by atoms with Gasteiger partial charge in [0.15, 0.2) is 23.0 Å². The van der Waals surface area contributed by atoms with Crippen molar-refractivity contribution >= 4 is 11.9 Å². The van der Waals surface area contributed by atoms with Crippen LogP contribution in [0.25, 0.3) is 11.1 Å². The average molecular weight is 470 g/mol. The van der Waals surface area contributed by atoms with Gasteiger partial charge in [-0.1, -0.05) is 0 Å². The third kappa shape index (κ3) is 4.02. The molecule has 1 aliphatic heterocycles. The Morgan fingerprint density at radius 1 is 0.912 bits per heavy atom. The van der Waals surface area contributed by atoms with Gasteiger partial charge in [0.1, 0.15) is 0 Å². The van der Waals surface area contributed by atoms with Crippen molar-refractivity contribution in [1.82, 2.24) is 4.90 Å². The molecule has 2 aliphatic rings. The van der Waals surface area contributed by atoms with E-state index in [4.69, 9.17) is 23.7 Å². The first-order chi connectivity index (χ1) is 16.5. The Morgan fingerprint density at radius 2 is 1.59 bits per heavy atom. The number of hydrogen-bond donors (Lipinski definition) is 0. The zero-order chi connectivity index (χ0) is 24.4. The molecule has 1 heterocycles. The number of fused-ring (bicyclic) bond motifs is 2. The first kappa shape index (κ1) is 23.7. The fraction of sp³-hybridized carbons (Fsp3) is 0.462. The van der Waals surface area contributed by atoms with Crippen molar-refractivity contribution in [2.75, 3.05) is 41.6 Å². The molecule has 8 nitrogen and oxygen atoms in total. The highest BCUT2D eigenvalue weighted by atomic mass is 16.5. The summed E-state index contributed by atoms with van der Waals surface area (Å²) in [5, 5.41) is 0. The lowest BCUT2D eigenvalue weighted by molar-refractivity contribution is -0.146. The van der Waals surface area contributed by atoms with Crippen LogP contribution in [0.15, 0.2) is 18.2 Å². The summed E-state index contributed by atoms with van der Waals surface area (Å²) < 4.78 is 27.6. The van der Waals surface area contributed by atoms with Gasteiger partial charge in [-0.25, -0.2) is 0 Å². The first-order valence-electron chi connectivity index (χ1n) is 11.4. The van der Waals surface area contributed by atoms with E-state index in [9.17, 15) is 9.59 Å². The number of nitrogens with zero attached hydrogens (tertiary/aromatic N) is 1. The highest BCUT2D eigenvalue weighted by molar-refractivity contribution is 5.87. The van der Waals surface area contributed by atoms with Gasteiger partial charge in [0, 0.05) is 18.5 Å². The molecule has 0 N–H and O–H groups in total. The van der Waals surface area contributed by atoms with Crippen molar-refractivity contribution < 1.29 is 33.3 Å². The van der Waals surface area contributed by atoms with Gasteiger partial charge in [-0.15, -0.1) is 0 Å². The van der Waals surface area contributed by atoms with Gasteiger partial charge in [-0.05, 0) is 60.2 Å². The molecule has 2 aromatic rings. The lowest BCUT2D eigenvalue weighted by atomic mass is 9.76. The smallest absolute Gasteiger partial charge is 0.306 e. The third-order valence-electron chi connectivity index (χ3n) is 6.59. The van der Waals surface area contributed by atoms with E-state index >= 15 is 0 Å². The number of rotatable bonds is 8. The predicted molar refractivity (Wildman–Crippen MR) is 126 cm³/mol. The molecule has 0 saturated heterocycles. The molecule has 34 heavy (non-hydrogen) atoms. The van der Waals surface area contributed by atoms with E-state index in [1.54, 1.807) is 35.4 Å². The van der Waals surface area contributed by atoms with E-state index < -0.39 is 0 Å². The van der Waals surface area contributed by atoms with Crippen LogP contribution in [0.3, 0.4) is 0 Å². The summed E-state index contributed by atoms with van der Waals surface area (Å²) in [6.07, 6.45) is 1.50. The molecule has 0 unspecified atom stereocenters. The van der Waals surface area contributed by atoms with E-state index in [-0.39, 0.29) is 30.8 Å². The maximum Gasteiger partial charge on any atom is 0.306 e. The minimum atomic E-state index is -0.355. The molecule has 1 atom stereocenters. The SMILES string of the molecule is CCOC(=O)CCC(=O)N1CCc2cc(OC)c(OC)c3c2[C@@H]1Cc1cc(OC)c(OC)cc1-3. The van der Waals surface area contributed by atoms with Crippen molar-refractivity contribution in [2.45, 2.75) is 38.6 Å². The van der Waals surface area contributed by atoms with E-state index in [0.29, 0.717) is 49.0 Å². The number of carbonyl (C=O) groups excluding carboxylic acids is 2. The van der Waals surface area contributed by atoms with Crippen LogP contribution in [0.4, 0.5) is 0 Å². The fourth-order valence-corrected chi connectivity index (χ4v) is 5.10. The number of hydrogen-bond acceptors (Lipinski definition) is 7. The van der Waals surface area contributed by atoms with Crippen LogP contribution >= 0.6 is 0 Å². The zero-order valence-corrected chi connectivity index (χ0v) is 20.4. The molecule has 1 amide bonds. The van der Waals surface area contributed by atoms with Crippen LogP contribution in [0, 0.1) is 0 Å². The molecule has 0 aromatic heterocycles. The summed E-state index contributed by atoms with van der Waals surface area (Å²) >= 11 is 0. The van der Waals surface area contributed by atoms with Gasteiger partial charge in [0.05, 0.1) is 47.5 Å². The van der Waals surface area contributed by atoms with E-state index in [0.717, 1.165) is 27.8 Å². The minimum absolute atomic E-state index is 0.0617. The Kier molecular flexibility index (Phi) is 6.86. The largest absolute Gasteiger partial charge is 0.493 e. The normalized spacial score (nSPS) is 15.7. The number of ether oxygens (including phenoxy) is 5. The van der Waals surface area contributed by atoms with Crippen molar-refractivity contribution in [3.05, 3.63) is 34.9 Å². The molecule has 8 heteroatoms. The van der Waals surface area contributed by atoms with Gasteiger partial charge in [0.25, 0.3) is 0 Å². The summed E-state index contributed by atoms with van der Waals surface area (Å²) in [6, 6.07) is 5.75. The first-order valence-corrected chi connectivity index (χ1v) is 11.4. The summed E-state index contributed by atoms with van der Waals surface area (Å²) in [5.74, 6) is 2.11. The fourth-order valence-electron chi connectivity index (χ4n) is 5.10. The molecule has 4 rings (SSSR count). The van der Waals surface area contributed by atoms with Gasteiger partial charge < -0.3 is 28.6 Å². The Bertz CT molecular complexity index is 1110. The quantitative estimate of drug-likeness (QED) is 0.545. The summed E-state index contributed by atoms with van der Waals surface area (Å²) in [6.45, 7) is 2.63.